The Bertz CT molecular complexity index is 524. The molecule has 0 aromatic carbocycles. The summed E-state index contributed by atoms with van der Waals surface area (Å²) in [5.74, 6) is -0.327. The molecule has 0 bridgehead atoms. The van der Waals surface area contributed by atoms with Gasteiger partial charge in [0.15, 0.2) is 5.69 Å². The number of carbonyl (C=O) groups is 1. The molecule has 2 rings (SSSR count). The smallest absolute Gasteiger partial charge is 0.354 e. The number of nitrogens with one attached hydrogen (secondary N) is 1. The van der Waals surface area contributed by atoms with Gasteiger partial charge < -0.3 is 10.2 Å². The molecule has 1 amide bonds. The van der Waals surface area contributed by atoms with Gasteiger partial charge >= 0.3 is 6.18 Å². The summed E-state index contributed by atoms with van der Waals surface area (Å²) in [7, 11) is 2.11. The summed E-state index contributed by atoms with van der Waals surface area (Å²) in [4.78, 5) is 14.1. The fourth-order valence-corrected chi connectivity index (χ4v) is 3.06. The summed E-state index contributed by atoms with van der Waals surface area (Å²) >= 11 is 0. The average Bonchev–Trinajstić information content (AvgIpc) is 3.01. The van der Waals surface area contributed by atoms with E-state index in [1.165, 1.54) is 38.3 Å². The highest BCUT2D eigenvalue weighted by atomic mass is 19.4. The molecule has 5 nitrogen and oxygen atoms in total. The third-order valence-corrected chi connectivity index (χ3v) is 4.44. The molecule has 0 unspecified atom stereocenters. The first-order chi connectivity index (χ1) is 11.4. The van der Waals surface area contributed by atoms with Crippen molar-refractivity contribution >= 4 is 5.91 Å². The lowest BCUT2D eigenvalue weighted by Crippen LogP contribution is -2.36. The zero-order chi connectivity index (χ0) is 17.6. The first kappa shape index (κ1) is 18.8. The second kappa shape index (κ2) is 8.50. The van der Waals surface area contributed by atoms with Crippen LogP contribution in [0.3, 0.4) is 0 Å². The van der Waals surface area contributed by atoms with Crippen molar-refractivity contribution in [2.45, 2.75) is 57.3 Å². The monoisotopic (exact) mass is 346 g/mol. The number of alkyl halides is 3. The van der Waals surface area contributed by atoms with E-state index in [1.54, 1.807) is 0 Å². The number of aromatic nitrogens is 2. The van der Waals surface area contributed by atoms with Crippen molar-refractivity contribution in [2.75, 3.05) is 20.1 Å². The summed E-state index contributed by atoms with van der Waals surface area (Å²) in [6.07, 6.45) is 3.89. The second-order valence-electron chi connectivity index (χ2n) is 6.37. The normalized spacial score (nSPS) is 16.5. The number of rotatable bonds is 7. The Morgan fingerprint density at radius 3 is 2.71 bits per heavy atom. The summed E-state index contributed by atoms with van der Waals surface area (Å²) in [5.41, 5.74) is -0.982. The largest absolute Gasteiger partial charge is 0.435 e. The van der Waals surface area contributed by atoms with Crippen LogP contribution in [0.1, 0.15) is 44.2 Å². The lowest BCUT2D eigenvalue weighted by atomic mass is 9.94. The molecule has 0 spiro atoms. The zero-order valence-electron chi connectivity index (χ0n) is 14.0. The number of halogens is 3. The van der Waals surface area contributed by atoms with Gasteiger partial charge in [-0.2, -0.15) is 18.3 Å². The topological polar surface area (TPSA) is 50.2 Å². The van der Waals surface area contributed by atoms with Gasteiger partial charge in [0.25, 0.3) is 0 Å². The minimum atomic E-state index is -4.48. The molecule has 1 saturated carbocycles. The first-order valence-electron chi connectivity index (χ1n) is 8.44. The molecule has 1 aliphatic carbocycles. The Balaban J connectivity index is 1.63. The van der Waals surface area contributed by atoms with Crippen LogP contribution >= 0.6 is 0 Å². The maximum absolute atomic E-state index is 12.4. The van der Waals surface area contributed by atoms with Crippen LogP contribution < -0.4 is 5.32 Å². The Labute approximate surface area is 140 Å². The van der Waals surface area contributed by atoms with Crippen molar-refractivity contribution in [3.8, 4) is 0 Å². The highest BCUT2D eigenvalue weighted by Crippen LogP contribution is 2.27. The van der Waals surface area contributed by atoms with E-state index in [0.29, 0.717) is 12.6 Å². The molecule has 136 valence electrons. The third-order valence-electron chi connectivity index (χ3n) is 4.44. The van der Waals surface area contributed by atoms with Gasteiger partial charge in [0.1, 0.15) is 6.54 Å². The SMILES string of the molecule is CN(CCCNC(=O)Cn1ccc(C(F)(F)F)n1)C1CCCCC1. The van der Waals surface area contributed by atoms with Crippen LogP contribution in [0.25, 0.3) is 0 Å². The number of carbonyl (C=O) groups excluding carboxylic acids is 1. The molecule has 1 fully saturated rings. The average molecular weight is 346 g/mol. The molecule has 1 aromatic heterocycles. The van der Waals surface area contributed by atoms with E-state index in [0.717, 1.165) is 23.7 Å². The predicted octanol–water partition coefficient (Wildman–Crippen LogP) is 2.67. The fraction of sp³-hybridized carbons (Fsp3) is 0.750. The Morgan fingerprint density at radius 2 is 2.08 bits per heavy atom. The van der Waals surface area contributed by atoms with E-state index in [-0.39, 0.29) is 12.5 Å². The van der Waals surface area contributed by atoms with E-state index in [4.69, 9.17) is 0 Å². The van der Waals surface area contributed by atoms with Gasteiger partial charge in [-0.15, -0.1) is 0 Å². The van der Waals surface area contributed by atoms with Crippen LogP contribution in [0.2, 0.25) is 0 Å². The predicted molar refractivity (Wildman–Crippen MR) is 84.4 cm³/mol. The van der Waals surface area contributed by atoms with Crippen LogP contribution in [-0.4, -0.2) is 46.8 Å². The van der Waals surface area contributed by atoms with Crippen molar-refractivity contribution in [1.82, 2.24) is 20.0 Å². The molecular weight excluding hydrogens is 321 g/mol. The Hall–Kier alpha value is -1.57. The zero-order valence-corrected chi connectivity index (χ0v) is 14.0. The quantitative estimate of drug-likeness (QED) is 0.772. The fourth-order valence-electron chi connectivity index (χ4n) is 3.06. The van der Waals surface area contributed by atoms with Gasteiger partial charge in [-0.05, 0) is 38.9 Å². The summed E-state index contributed by atoms with van der Waals surface area (Å²) < 4.78 is 38.3. The van der Waals surface area contributed by atoms with Crippen LogP contribution in [0.15, 0.2) is 12.3 Å². The van der Waals surface area contributed by atoms with Crippen molar-refractivity contribution < 1.29 is 18.0 Å². The number of amides is 1. The van der Waals surface area contributed by atoms with Gasteiger partial charge in [0, 0.05) is 18.8 Å². The van der Waals surface area contributed by atoms with Crippen LogP contribution in [0.4, 0.5) is 13.2 Å². The van der Waals surface area contributed by atoms with Crippen molar-refractivity contribution in [1.29, 1.82) is 0 Å². The van der Waals surface area contributed by atoms with Gasteiger partial charge in [-0.25, -0.2) is 0 Å². The van der Waals surface area contributed by atoms with Crippen molar-refractivity contribution in [2.24, 2.45) is 0 Å². The highest BCUT2D eigenvalue weighted by molar-refractivity contribution is 5.75. The minimum absolute atomic E-state index is 0.200. The maximum atomic E-state index is 12.4. The minimum Gasteiger partial charge on any atom is -0.354 e. The highest BCUT2D eigenvalue weighted by Gasteiger charge is 2.33. The molecule has 8 heteroatoms. The lowest BCUT2D eigenvalue weighted by Gasteiger charge is -2.31. The van der Waals surface area contributed by atoms with Crippen LogP contribution in [0, 0.1) is 0 Å². The molecule has 1 N–H and O–H groups in total. The molecule has 0 saturated heterocycles. The number of nitrogens with zero attached hydrogens (tertiary/aromatic N) is 3. The van der Waals surface area contributed by atoms with E-state index in [2.05, 4.69) is 22.4 Å². The molecule has 1 heterocycles. The van der Waals surface area contributed by atoms with Crippen LogP contribution in [-0.2, 0) is 17.5 Å². The number of hydrogen-bond donors (Lipinski definition) is 1. The molecule has 24 heavy (non-hydrogen) atoms. The summed E-state index contributed by atoms with van der Waals surface area (Å²) in [5, 5.41) is 6.09. The molecule has 0 atom stereocenters. The van der Waals surface area contributed by atoms with E-state index < -0.39 is 11.9 Å². The van der Waals surface area contributed by atoms with Crippen LogP contribution in [0.5, 0.6) is 0 Å². The summed E-state index contributed by atoms with van der Waals surface area (Å²) in [6, 6.07) is 1.51. The molecule has 0 radical (unpaired) electrons. The van der Waals surface area contributed by atoms with Crippen molar-refractivity contribution in [3.05, 3.63) is 18.0 Å². The van der Waals surface area contributed by atoms with E-state index >= 15 is 0 Å². The second-order valence-corrected chi connectivity index (χ2v) is 6.37. The van der Waals surface area contributed by atoms with E-state index in [1.807, 2.05) is 0 Å². The Kier molecular flexibility index (Phi) is 6.65. The van der Waals surface area contributed by atoms with Crippen molar-refractivity contribution in [3.63, 3.8) is 0 Å². The number of hydrogen-bond acceptors (Lipinski definition) is 3. The molecule has 1 aromatic rings. The molecule has 1 aliphatic rings. The molecular formula is C16H25F3N4O. The lowest BCUT2D eigenvalue weighted by molar-refractivity contribution is -0.141. The van der Waals surface area contributed by atoms with Gasteiger partial charge in [-0.1, -0.05) is 19.3 Å². The van der Waals surface area contributed by atoms with Gasteiger partial charge in [-0.3, -0.25) is 9.48 Å². The standard InChI is InChI=1S/C16H25F3N4O/c1-22(13-6-3-2-4-7-13)10-5-9-20-15(24)12-23-11-8-14(21-23)16(17,18)19/h8,11,13H,2-7,9-10,12H2,1H3,(H,20,24). The van der Waals surface area contributed by atoms with E-state index in [9.17, 15) is 18.0 Å². The summed E-state index contributed by atoms with van der Waals surface area (Å²) in [6.45, 7) is 1.22. The maximum Gasteiger partial charge on any atom is 0.435 e. The van der Waals surface area contributed by atoms with Gasteiger partial charge in [0.2, 0.25) is 5.91 Å². The third kappa shape index (κ3) is 5.81. The first-order valence-corrected chi connectivity index (χ1v) is 8.44. The molecule has 0 aliphatic heterocycles. The van der Waals surface area contributed by atoms with Gasteiger partial charge in [0.05, 0.1) is 0 Å². The Morgan fingerprint density at radius 1 is 1.38 bits per heavy atom.